The van der Waals surface area contributed by atoms with Gasteiger partial charge in [0.25, 0.3) is 0 Å². The molecular formula is C28H27N5O. The monoisotopic (exact) mass is 449 g/mol. The molecule has 1 atom stereocenters. The lowest BCUT2D eigenvalue weighted by Crippen LogP contribution is -2.30. The van der Waals surface area contributed by atoms with Gasteiger partial charge in [0.2, 0.25) is 5.91 Å². The molecule has 5 aromatic rings. The van der Waals surface area contributed by atoms with Crippen molar-refractivity contribution < 1.29 is 4.79 Å². The fourth-order valence-electron chi connectivity index (χ4n) is 4.45. The quantitative estimate of drug-likeness (QED) is 0.352. The number of rotatable bonds is 8. The van der Waals surface area contributed by atoms with Crippen molar-refractivity contribution in [2.24, 2.45) is 0 Å². The van der Waals surface area contributed by atoms with Crippen LogP contribution in [0.2, 0.25) is 0 Å². The number of benzene rings is 3. The molecule has 170 valence electrons. The van der Waals surface area contributed by atoms with Gasteiger partial charge in [0.15, 0.2) is 5.82 Å². The van der Waals surface area contributed by atoms with Gasteiger partial charge >= 0.3 is 0 Å². The predicted octanol–water partition coefficient (Wildman–Crippen LogP) is 4.95. The van der Waals surface area contributed by atoms with E-state index in [0.717, 1.165) is 46.6 Å². The van der Waals surface area contributed by atoms with E-state index in [1.807, 2.05) is 42.6 Å². The summed E-state index contributed by atoms with van der Waals surface area (Å²) < 4.78 is 2.10. The topological polar surface area (TPSA) is 75.6 Å². The summed E-state index contributed by atoms with van der Waals surface area (Å²) in [7, 11) is 0. The van der Waals surface area contributed by atoms with Crippen LogP contribution < -0.4 is 5.32 Å². The molecule has 0 aliphatic heterocycles. The maximum atomic E-state index is 12.2. The lowest BCUT2D eigenvalue weighted by molar-refractivity contribution is -0.119. The Labute approximate surface area is 198 Å². The number of aromatic amines is 1. The van der Waals surface area contributed by atoms with Gasteiger partial charge in [-0.25, -0.2) is 0 Å². The van der Waals surface area contributed by atoms with Crippen molar-refractivity contribution in [1.29, 1.82) is 0 Å². The van der Waals surface area contributed by atoms with Gasteiger partial charge in [0, 0.05) is 42.6 Å². The Hall–Kier alpha value is -4.19. The van der Waals surface area contributed by atoms with Crippen LogP contribution in [0.4, 0.5) is 0 Å². The van der Waals surface area contributed by atoms with E-state index in [4.69, 9.17) is 0 Å². The SMILES string of the molecule is CC(=O)NC(Cc1c[nH]c2ccccc12)c1nnc(CCc2ccccc2)n1-c1ccccc1. The fourth-order valence-corrected chi connectivity index (χ4v) is 4.45. The van der Waals surface area contributed by atoms with Crippen LogP contribution in [0.1, 0.15) is 35.7 Å². The van der Waals surface area contributed by atoms with Crippen LogP contribution in [-0.2, 0) is 24.1 Å². The number of aryl methyl sites for hydroxylation is 2. The number of carbonyl (C=O) groups excluding carboxylic acids is 1. The third-order valence-corrected chi connectivity index (χ3v) is 6.04. The number of carbonyl (C=O) groups is 1. The van der Waals surface area contributed by atoms with E-state index in [9.17, 15) is 4.79 Å². The summed E-state index contributed by atoms with van der Waals surface area (Å²) in [5, 5.41) is 13.5. The van der Waals surface area contributed by atoms with Gasteiger partial charge in [0.05, 0.1) is 6.04 Å². The number of fused-ring (bicyclic) bond motifs is 1. The molecule has 34 heavy (non-hydrogen) atoms. The van der Waals surface area contributed by atoms with Crippen molar-refractivity contribution in [2.75, 3.05) is 0 Å². The first-order valence-electron chi connectivity index (χ1n) is 11.5. The van der Waals surface area contributed by atoms with Gasteiger partial charge in [-0.15, -0.1) is 10.2 Å². The third-order valence-electron chi connectivity index (χ3n) is 6.04. The summed E-state index contributed by atoms with van der Waals surface area (Å²) in [6, 6.07) is 28.4. The van der Waals surface area contributed by atoms with Crippen molar-refractivity contribution in [2.45, 2.75) is 32.2 Å². The Bertz CT molecular complexity index is 1390. The van der Waals surface area contributed by atoms with Crippen LogP contribution in [0.3, 0.4) is 0 Å². The van der Waals surface area contributed by atoms with E-state index in [-0.39, 0.29) is 11.9 Å². The Kier molecular flexibility index (Phi) is 6.21. The summed E-state index contributed by atoms with van der Waals surface area (Å²) in [6.07, 6.45) is 4.22. The molecule has 6 heteroatoms. The number of nitrogens with one attached hydrogen (secondary N) is 2. The second-order valence-corrected chi connectivity index (χ2v) is 8.45. The molecule has 2 N–H and O–H groups in total. The molecule has 0 aliphatic rings. The minimum absolute atomic E-state index is 0.0988. The van der Waals surface area contributed by atoms with E-state index in [2.05, 4.69) is 73.6 Å². The van der Waals surface area contributed by atoms with Crippen molar-refractivity contribution in [1.82, 2.24) is 25.1 Å². The lowest BCUT2D eigenvalue weighted by Gasteiger charge is -2.19. The highest BCUT2D eigenvalue weighted by Gasteiger charge is 2.24. The second-order valence-electron chi connectivity index (χ2n) is 8.45. The Morgan fingerprint density at radius 2 is 1.62 bits per heavy atom. The fraction of sp³-hybridized carbons (Fsp3) is 0.179. The van der Waals surface area contributed by atoms with Gasteiger partial charge in [-0.2, -0.15) is 0 Å². The Morgan fingerprint density at radius 1 is 0.912 bits per heavy atom. The highest BCUT2D eigenvalue weighted by atomic mass is 16.1. The Balaban J connectivity index is 1.53. The molecule has 0 aliphatic carbocycles. The molecule has 0 radical (unpaired) electrons. The predicted molar refractivity (Wildman–Crippen MR) is 134 cm³/mol. The van der Waals surface area contributed by atoms with E-state index in [1.165, 1.54) is 5.56 Å². The number of aromatic nitrogens is 4. The van der Waals surface area contributed by atoms with E-state index in [0.29, 0.717) is 6.42 Å². The lowest BCUT2D eigenvalue weighted by atomic mass is 10.0. The zero-order chi connectivity index (χ0) is 23.3. The van der Waals surface area contributed by atoms with Gasteiger partial charge in [-0.1, -0.05) is 66.7 Å². The largest absolute Gasteiger partial charge is 0.361 e. The third kappa shape index (κ3) is 4.62. The van der Waals surface area contributed by atoms with Crippen molar-refractivity contribution in [3.05, 3.63) is 114 Å². The number of hydrogen-bond acceptors (Lipinski definition) is 3. The molecule has 3 aromatic carbocycles. The van der Waals surface area contributed by atoms with E-state index < -0.39 is 0 Å². The van der Waals surface area contributed by atoms with Crippen LogP contribution in [0.25, 0.3) is 16.6 Å². The average molecular weight is 450 g/mol. The standard InChI is InChI=1S/C28H27N5O/c1-20(34)30-26(18-22-19-29-25-15-9-8-14-24(22)25)28-32-31-27(17-16-21-10-4-2-5-11-21)33(28)23-12-6-3-7-13-23/h2-15,19,26,29H,16-18H2,1H3,(H,30,34). The molecule has 0 bridgehead atoms. The molecule has 1 amide bonds. The maximum Gasteiger partial charge on any atom is 0.217 e. The van der Waals surface area contributed by atoms with Gasteiger partial charge < -0.3 is 10.3 Å². The van der Waals surface area contributed by atoms with Crippen molar-refractivity contribution in [3.63, 3.8) is 0 Å². The molecule has 6 nitrogen and oxygen atoms in total. The molecule has 2 aromatic heterocycles. The molecule has 0 spiro atoms. The maximum absolute atomic E-state index is 12.2. The summed E-state index contributed by atoms with van der Waals surface area (Å²) in [4.78, 5) is 15.5. The smallest absolute Gasteiger partial charge is 0.217 e. The molecule has 0 fully saturated rings. The summed E-state index contributed by atoms with van der Waals surface area (Å²) in [5.74, 6) is 1.51. The number of nitrogens with zero attached hydrogens (tertiary/aromatic N) is 3. The second kappa shape index (κ2) is 9.75. The molecule has 2 heterocycles. The minimum atomic E-state index is -0.324. The molecular weight excluding hydrogens is 422 g/mol. The van der Waals surface area contributed by atoms with Crippen LogP contribution >= 0.6 is 0 Å². The minimum Gasteiger partial charge on any atom is -0.361 e. The first-order chi connectivity index (χ1) is 16.7. The first kappa shape index (κ1) is 21.6. The van der Waals surface area contributed by atoms with Gasteiger partial charge in [0.1, 0.15) is 5.82 Å². The molecule has 0 saturated carbocycles. The van der Waals surface area contributed by atoms with Crippen LogP contribution in [0, 0.1) is 0 Å². The average Bonchev–Trinajstić information content (AvgIpc) is 3.48. The number of para-hydroxylation sites is 2. The van der Waals surface area contributed by atoms with E-state index >= 15 is 0 Å². The first-order valence-corrected chi connectivity index (χ1v) is 11.5. The normalized spacial score (nSPS) is 12.0. The van der Waals surface area contributed by atoms with Crippen LogP contribution in [-0.4, -0.2) is 25.7 Å². The van der Waals surface area contributed by atoms with Gasteiger partial charge in [-0.3, -0.25) is 9.36 Å². The number of H-pyrrole nitrogens is 1. The van der Waals surface area contributed by atoms with Gasteiger partial charge in [-0.05, 0) is 35.7 Å². The molecule has 0 saturated heterocycles. The highest BCUT2D eigenvalue weighted by molar-refractivity contribution is 5.83. The van der Waals surface area contributed by atoms with Crippen molar-refractivity contribution >= 4 is 16.8 Å². The van der Waals surface area contributed by atoms with E-state index in [1.54, 1.807) is 6.92 Å². The van der Waals surface area contributed by atoms with Crippen molar-refractivity contribution in [3.8, 4) is 5.69 Å². The Morgan fingerprint density at radius 3 is 2.38 bits per heavy atom. The van der Waals surface area contributed by atoms with Crippen LogP contribution in [0.15, 0.2) is 91.1 Å². The zero-order valence-corrected chi connectivity index (χ0v) is 19.1. The zero-order valence-electron chi connectivity index (χ0n) is 19.1. The highest BCUT2D eigenvalue weighted by Crippen LogP contribution is 2.26. The summed E-state index contributed by atoms with van der Waals surface area (Å²) in [5.41, 5.74) is 4.44. The summed E-state index contributed by atoms with van der Waals surface area (Å²) in [6.45, 7) is 1.54. The number of hydrogen-bond donors (Lipinski definition) is 2. The molecule has 1 unspecified atom stereocenters. The molecule has 5 rings (SSSR count). The summed E-state index contributed by atoms with van der Waals surface area (Å²) >= 11 is 0. The van der Waals surface area contributed by atoms with Crippen LogP contribution in [0.5, 0.6) is 0 Å². The number of amides is 1.